The van der Waals surface area contributed by atoms with Crippen LogP contribution in [-0.2, 0) is 41.7 Å². The minimum atomic E-state index is -1.17. The van der Waals surface area contributed by atoms with E-state index in [1.165, 1.54) is 14.2 Å². The van der Waals surface area contributed by atoms with Gasteiger partial charge in [-0.1, -0.05) is 74.5 Å². The summed E-state index contributed by atoms with van der Waals surface area (Å²) in [5.41, 5.74) is 1.69. The van der Waals surface area contributed by atoms with Crippen LogP contribution in [0.4, 0.5) is 0 Å². The molecular weight excluding hydrogens is 660 g/mol. The lowest BCUT2D eigenvalue weighted by molar-refractivity contribution is -0.190. The third-order valence-electron chi connectivity index (χ3n) is 9.23. The standard InChI is InChI=1S/C42H46N2O8/c1-5-25-43(27-29-17-21-33(22-18-29)51-31-13-9-7-10-14-31)39(45)35-36(38(42(48)50-4)37(35)41(47)49-3)40(46)44(26-6-2)28-30-19-23-34(24-20-30)52-32-15-11-8-12-16-32/h7-24,35-38H,5-6,25-28H2,1-4H3. The molecule has 1 aliphatic carbocycles. The zero-order chi connectivity index (χ0) is 37.0. The fourth-order valence-corrected chi connectivity index (χ4v) is 6.73. The van der Waals surface area contributed by atoms with E-state index in [1.54, 1.807) is 9.80 Å². The topological polar surface area (TPSA) is 112 Å². The number of hydrogen-bond acceptors (Lipinski definition) is 8. The van der Waals surface area contributed by atoms with Crippen molar-refractivity contribution >= 4 is 23.8 Å². The lowest BCUT2D eigenvalue weighted by Crippen LogP contribution is -2.64. The van der Waals surface area contributed by atoms with Crippen LogP contribution in [0.5, 0.6) is 23.0 Å². The molecule has 5 rings (SSSR count). The predicted molar refractivity (Wildman–Crippen MR) is 195 cm³/mol. The van der Waals surface area contributed by atoms with Gasteiger partial charge in [-0.25, -0.2) is 0 Å². The highest BCUT2D eigenvalue weighted by Gasteiger charge is 2.65. The number of rotatable bonds is 16. The molecule has 0 spiro atoms. The first kappa shape index (κ1) is 37.6. The maximum atomic E-state index is 14.5. The first-order valence-corrected chi connectivity index (χ1v) is 17.6. The second-order valence-electron chi connectivity index (χ2n) is 12.8. The van der Waals surface area contributed by atoms with Gasteiger partial charge in [0.05, 0.1) is 37.9 Å². The van der Waals surface area contributed by atoms with E-state index in [2.05, 4.69) is 0 Å². The van der Waals surface area contributed by atoms with Crippen molar-refractivity contribution in [1.29, 1.82) is 0 Å². The molecule has 0 bridgehead atoms. The minimum Gasteiger partial charge on any atom is -0.469 e. The van der Waals surface area contributed by atoms with Gasteiger partial charge in [0.25, 0.3) is 0 Å². The van der Waals surface area contributed by atoms with Crippen LogP contribution in [0, 0.1) is 23.7 Å². The first-order valence-electron chi connectivity index (χ1n) is 17.6. The number of carbonyl (C=O) groups excluding carboxylic acids is 4. The Balaban J connectivity index is 1.38. The van der Waals surface area contributed by atoms with Crippen LogP contribution in [0.25, 0.3) is 0 Å². The molecule has 4 aromatic carbocycles. The van der Waals surface area contributed by atoms with Gasteiger partial charge < -0.3 is 28.7 Å². The van der Waals surface area contributed by atoms with Gasteiger partial charge in [-0.05, 0) is 72.5 Å². The van der Waals surface area contributed by atoms with Crippen LogP contribution in [0.15, 0.2) is 109 Å². The fourth-order valence-electron chi connectivity index (χ4n) is 6.73. The number of esters is 2. The smallest absolute Gasteiger partial charge is 0.310 e. The van der Waals surface area contributed by atoms with Gasteiger partial charge in [0.15, 0.2) is 0 Å². The third-order valence-corrected chi connectivity index (χ3v) is 9.23. The number of methoxy groups -OCH3 is 2. The number of benzene rings is 4. The van der Waals surface area contributed by atoms with E-state index in [9.17, 15) is 19.2 Å². The fraction of sp³-hybridized carbons (Fsp3) is 0.333. The summed E-state index contributed by atoms with van der Waals surface area (Å²) in [7, 11) is 2.43. The lowest BCUT2D eigenvalue weighted by Gasteiger charge is -2.49. The maximum Gasteiger partial charge on any atom is 0.310 e. The summed E-state index contributed by atoms with van der Waals surface area (Å²) in [6, 6.07) is 33.7. The van der Waals surface area contributed by atoms with E-state index in [-0.39, 0.29) is 24.9 Å². The average Bonchev–Trinajstić information content (AvgIpc) is 3.16. The third kappa shape index (κ3) is 8.98. The molecule has 10 heteroatoms. The number of hydrogen-bond donors (Lipinski definition) is 0. The summed E-state index contributed by atoms with van der Waals surface area (Å²) >= 11 is 0. The molecule has 1 fully saturated rings. The average molecular weight is 707 g/mol. The van der Waals surface area contributed by atoms with E-state index in [1.807, 2.05) is 123 Å². The minimum absolute atomic E-state index is 0.239. The number of amides is 2. The molecule has 272 valence electrons. The maximum absolute atomic E-state index is 14.5. The zero-order valence-electron chi connectivity index (χ0n) is 30.1. The van der Waals surface area contributed by atoms with Crippen molar-refractivity contribution in [2.24, 2.45) is 23.7 Å². The van der Waals surface area contributed by atoms with Gasteiger partial charge in [-0.3, -0.25) is 19.2 Å². The van der Waals surface area contributed by atoms with Crippen molar-refractivity contribution in [3.63, 3.8) is 0 Å². The SMILES string of the molecule is CCCN(Cc1ccc(Oc2ccccc2)cc1)C(=O)C1C(C(=O)OC)C(C(=O)OC)C1C(=O)N(CCC)Cc1ccc(Oc2ccccc2)cc1. The predicted octanol–water partition coefficient (Wildman–Crippen LogP) is 7.27. The number of ether oxygens (including phenoxy) is 4. The molecule has 0 saturated heterocycles. The summed E-state index contributed by atoms with van der Waals surface area (Å²) in [4.78, 5) is 58.8. The Kier molecular flexibility index (Phi) is 13.0. The Morgan fingerprint density at radius 1 is 0.481 bits per heavy atom. The van der Waals surface area contributed by atoms with Crippen molar-refractivity contribution in [1.82, 2.24) is 9.80 Å². The lowest BCUT2D eigenvalue weighted by atomic mass is 9.55. The number of carbonyl (C=O) groups is 4. The molecule has 10 nitrogen and oxygen atoms in total. The second kappa shape index (κ2) is 18.0. The van der Waals surface area contributed by atoms with Gasteiger partial charge >= 0.3 is 11.9 Å². The zero-order valence-corrected chi connectivity index (χ0v) is 30.1. The quantitative estimate of drug-likeness (QED) is 0.112. The van der Waals surface area contributed by atoms with Crippen molar-refractivity contribution < 1.29 is 38.1 Å². The summed E-state index contributed by atoms with van der Waals surface area (Å²) in [6.45, 7) is 5.14. The van der Waals surface area contributed by atoms with E-state index in [0.29, 0.717) is 48.9 Å². The van der Waals surface area contributed by atoms with Crippen molar-refractivity contribution in [2.75, 3.05) is 27.3 Å². The number of para-hydroxylation sites is 2. The highest BCUT2D eigenvalue weighted by Crippen LogP contribution is 2.50. The summed E-state index contributed by atoms with van der Waals surface area (Å²) < 4.78 is 22.0. The van der Waals surface area contributed by atoms with E-state index < -0.39 is 35.6 Å². The normalized spacial score (nSPS) is 17.6. The molecule has 0 heterocycles. The first-order chi connectivity index (χ1) is 25.3. The summed E-state index contributed by atoms with van der Waals surface area (Å²) in [5.74, 6) is -4.09. The molecule has 0 aliphatic heterocycles. The van der Waals surface area contributed by atoms with Gasteiger partial charge in [-0.15, -0.1) is 0 Å². The number of nitrogens with zero attached hydrogens (tertiary/aromatic N) is 2. The molecule has 4 unspecified atom stereocenters. The molecule has 52 heavy (non-hydrogen) atoms. The molecule has 4 aromatic rings. The van der Waals surface area contributed by atoms with Crippen LogP contribution in [0.3, 0.4) is 0 Å². The molecular formula is C42H46N2O8. The Bertz CT molecular complexity index is 1650. The molecule has 0 aromatic heterocycles. The van der Waals surface area contributed by atoms with Gasteiger partial charge in [0.2, 0.25) is 11.8 Å². The van der Waals surface area contributed by atoms with E-state index >= 15 is 0 Å². The van der Waals surface area contributed by atoms with E-state index in [0.717, 1.165) is 11.1 Å². The van der Waals surface area contributed by atoms with Crippen LogP contribution in [0.1, 0.15) is 37.8 Å². The second-order valence-corrected chi connectivity index (χ2v) is 12.8. The highest BCUT2D eigenvalue weighted by atomic mass is 16.5. The van der Waals surface area contributed by atoms with Gasteiger partial charge in [-0.2, -0.15) is 0 Å². The summed E-state index contributed by atoms with van der Waals surface area (Å²) in [5, 5.41) is 0. The van der Waals surface area contributed by atoms with Crippen LogP contribution in [0.2, 0.25) is 0 Å². The van der Waals surface area contributed by atoms with Gasteiger partial charge in [0, 0.05) is 26.2 Å². The van der Waals surface area contributed by atoms with Gasteiger partial charge in [0.1, 0.15) is 23.0 Å². The Morgan fingerprint density at radius 3 is 1.12 bits per heavy atom. The van der Waals surface area contributed by atoms with Crippen LogP contribution >= 0.6 is 0 Å². The van der Waals surface area contributed by atoms with Crippen molar-refractivity contribution in [3.05, 3.63) is 120 Å². The Hall–Kier alpha value is -5.64. The molecule has 0 N–H and O–H groups in total. The Labute approximate surface area is 305 Å². The molecule has 2 amide bonds. The molecule has 1 aliphatic rings. The van der Waals surface area contributed by atoms with Crippen molar-refractivity contribution in [2.45, 2.75) is 39.8 Å². The largest absolute Gasteiger partial charge is 0.469 e. The van der Waals surface area contributed by atoms with Crippen LogP contribution < -0.4 is 9.47 Å². The summed E-state index contributed by atoms with van der Waals surface area (Å²) in [6.07, 6.45) is 1.28. The van der Waals surface area contributed by atoms with Crippen LogP contribution in [-0.4, -0.2) is 60.9 Å². The molecule has 4 atom stereocenters. The molecule has 0 radical (unpaired) electrons. The monoisotopic (exact) mass is 706 g/mol. The van der Waals surface area contributed by atoms with Crippen molar-refractivity contribution in [3.8, 4) is 23.0 Å². The van der Waals surface area contributed by atoms with E-state index in [4.69, 9.17) is 18.9 Å². The Morgan fingerprint density at radius 2 is 0.808 bits per heavy atom. The highest BCUT2D eigenvalue weighted by molar-refractivity contribution is 6.00. The molecule has 1 saturated carbocycles.